The van der Waals surface area contributed by atoms with E-state index in [1.165, 1.54) is 50.0 Å². The minimum absolute atomic E-state index is 0.740. The summed E-state index contributed by atoms with van der Waals surface area (Å²) < 4.78 is 4.99. The average Bonchev–Trinajstić information content (AvgIpc) is 2.90. The largest absolute Gasteiger partial charge is 0.383 e. The van der Waals surface area contributed by atoms with Gasteiger partial charge in [-0.15, -0.1) is 21.5 Å². The molecule has 1 rings (SSSR count). The molecule has 0 spiro atoms. The Balaban J connectivity index is 2.02. The lowest BCUT2D eigenvalue weighted by Crippen LogP contribution is -2.18. The van der Waals surface area contributed by atoms with Gasteiger partial charge in [0, 0.05) is 26.6 Å². The van der Waals surface area contributed by atoms with Crippen molar-refractivity contribution in [2.24, 2.45) is 0 Å². The predicted octanol–water partition coefficient (Wildman–Crippen LogP) is 3.57. The van der Waals surface area contributed by atoms with Crippen LogP contribution in [0.1, 0.15) is 61.9 Å². The number of methoxy groups -OCH3 is 1. The minimum Gasteiger partial charge on any atom is -0.383 e. The van der Waals surface area contributed by atoms with Gasteiger partial charge in [0.25, 0.3) is 0 Å². The van der Waals surface area contributed by atoms with Crippen molar-refractivity contribution in [2.45, 2.75) is 64.8 Å². The van der Waals surface area contributed by atoms with Crippen molar-refractivity contribution in [3.8, 4) is 0 Å². The third-order valence-electron chi connectivity index (χ3n) is 3.26. The van der Waals surface area contributed by atoms with Crippen LogP contribution in [0.25, 0.3) is 0 Å². The topological polar surface area (TPSA) is 47.0 Å². The summed E-state index contributed by atoms with van der Waals surface area (Å²) in [4.78, 5) is 0. The highest BCUT2D eigenvalue weighted by Gasteiger charge is 2.03. The number of nitrogens with zero attached hydrogens (tertiary/aromatic N) is 2. The quantitative estimate of drug-likeness (QED) is 0.566. The van der Waals surface area contributed by atoms with Gasteiger partial charge in [0.1, 0.15) is 10.0 Å². The molecule has 1 N–H and O–H groups in total. The summed E-state index contributed by atoms with van der Waals surface area (Å²) in [5, 5.41) is 14.0. The molecule has 1 heterocycles. The van der Waals surface area contributed by atoms with Crippen molar-refractivity contribution in [1.82, 2.24) is 15.5 Å². The SMILES string of the molecule is CCCCCCCCCc1nnc(CNCCOC)s1. The van der Waals surface area contributed by atoms with E-state index < -0.39 is 0 Å². The van der Waals surface area contributed by atoms with Crippen molar-refractivity contribution in [3.05, 3.63) is 10.0 Å². The first-order valence-electron chi connectivity index (χ1n) is 7.87. The fourth-order valence-corrected chi connectivity index (χ4v) is 2.92. The van der Waals surface area contributed by atoms with Gasteiger partial charge in [-0.2, -0.15) is 0 Å². The minimum atomic E-state index is 0.740. The Morgan fingerprint density at radius 2 is 1.70 bits per heavy atom. The molecule has 1 aromatic rings. The molecule has 0 aliphatic carbocycles. The molecule has 0 saturated carbocycles. The second-order valence-electron chi connectivity index (χ2n) is 5.13. The third kappa shape index (κ3) is 8.61. The molecule has 0 fully saturated rings. The van der Waals surface area contributed by atoms with Crippen molar-refractivity contribution in [2.75, 3.05) is 20.3 Å². The van der Waals surface area contributed by atoms with Gasteiger partial charge >= 0.3 is 0 Å². The van der Waals surface area contributed by atoms with Crippen LogP contribution in [0.4, 0.5) is 0 Å². The molecule has 4 nitrogen and oxygen atoms in total. The monoisotopic (exact) mass is 299 g/mol. The number of rotatable bonds is 13. The number of unbranched alkanes of at least 4 members (excludes halogenated alkanes) is 6. The zero-order valence-electron chi connectivity index (χ0n) is 13.0. The number of nitrogens with one attached hydrogen (secondary N) is 1. The van der Waals surface area contributed by atoms with Crippen LogP contribution < -0.4 is 5.32 Å². The second kappa shape index (κ2) is 12.2. The van der Waals surface area contributed by atoms with Crippen LogP contribution in [0.15, 0.2) is 0 Å². The van der Waals surface area contributed by atoms with Crippen LogP contribution in [0.5, 0.6) is 0 Å². The van der Waals surface area contributed by atoms with Crippen LogP contribution in [-0.4, -0.2) is 30.5 Å². The lowest BCUT2D eigenvalue weighted by Gasteiger charge is -2.00. The maximum absolute atomic E-state index is 4.99. The number of aromatic nitrogens is 2. The molecule has 0 bridgehead atoms. The van der Waals surface area contributed by atoms with Crippen LogP contribution >= 0.6 is 11.3 Å². The summed E-state index contributed by atoms with van der Waals surface area (Å²) in [5.41, 5.74) is 0. The van der Waals surface area contributed by atoms with Gasteiger partial charge in [0.05, 0.1) is 6.61 Å². The van der Waals surface area contributed by atoms with Gasteiger partial charge in [-0.1, -0.05) is 45.4 Å². The first kappa shape index (κ1) is 17.5. The number of hydrogen-bond acceptors (Lipinski definition) is 5. The highest BCUT2D eigenvalue weighted by molar-refractivity contribution is 7.11. The van der Waals surface area contributed by atoms with Gasteiger partial charge in [-0.3, -0.25) is 0 Å². The van der Waals surface area contributed by atoms with Crippen LogP contribution in [0, 0.1) is 0 Å². The maximum Gasteiger partial charge on any atom is 0.131 e. The van der Waals surface area contributed by atoms with E-state index in [4.69, 9.17) is 4.74 Å². The van der Waals surface area contributed by atoms with E-state index in [-0.39, 0.29) is 0 Å². The summed E-state index contributed by atoms with van der Waals surface area (Å²) in [6.07, 6.45) is 10.5. The summed E-state index contributed by atoms with van der Waals surface area (Å²) >= 11 is 1.74. The Morgan fingerprint density at radius 3 is 2.45 bits per heavy atom. The molecule has 5 heteroatoms. The summed E-state index contributed by atoms with van der Waals surface area (Å²) in [6.45, 7) is 4.67. The fraction of sp³-hybridized carbons (Fsp3) is 0.867. The van der Waals surface area contributed by atoms with Crippen LogP contribution in [0.3, 0.4) is 0 Å². The zero-order valence-corrected chi connectivity index (χ0v) is 13.8. The Labute approximate surface area is 127 Å². The molecule has 0 amide bonds. The van der Waals surface area contributed by atoms with Crippen molar-refractivity contribution in [1.29, 1.82) is 0 Å². The highest BCUT2D eigenvalue weighted by Crippen LogP contribution is 2.14. The van der Waals surface area contributed by atoms with E-state index in [1.54, 1.807) is 18.4 Å². The molecule has 0 saturated heterocycles. The number of aryl methyl sites for hydroxylation is 1. The molecule has 0 aliphatic rings. The van der Waals surface area contributed by atoms with E-state index in [0.717, 1.165) is 31.1 Å². The van der Waals surface area contributed by atoms with E-state index in [9.17, 15) is 0 Å². The maximum atomic E-state index is 4.99. The second-order valence-corrected chi connectivity index (χ2v) is 6.28. The molecule has 116 valence electrons. The molecule has 0 radical (unpaired) electrons. The smallest absolute Gasteiger partial charge is 0.131 e. The Hall–Kier alpha value is -0.520. The van der Waals surface area contributed by atoms with E-state index in [0.29, 0.717) is 0 Å². The van der Waals surface area contributed by atoms with Crippen molar-refractivity contribution >= 4 is 11.3 Å². The van der Waals surface area contributed by atoms with Crippen LogP contribution in [-0.2, 0) is 17.7 Å². The molecule has 0 unspecified atom stereocenters. The van der Waals surface area contributed by atoms with Crippen molar-refractivity contribution in [3.63, 3.8) is 0 Å². The predicted molar refractivity (Wildman–Crippen MR) is 85.2 cm³/mol. The molecule has 0 aliphatic heterocycles. The molecular formula is C15H29N3OS. The van der Waals surface area contributed by atoms with Crippen molar-refractivity contribution < 1.29 is 4.74 Å². The van der Waals surface area contributed by atoms with Gasteiger partial charge in [-0.05, 0) is 6.42 Å². The zero-order chi connectivity index (χ0) is 14.5. The van der Waals surface area contributed by atoms with Gasteiger partial charge < -0.3 is 10.1 Å². The van der Waals surface area contributed by atoms with E-state index >= 15 is 0 Å². The average molecular weight is 299 g/mol. The Kier molecular flexibility index (Phi) is 10.7. The molecular weight excluding hydrogens is 270 g/mol. The molecule has 1 aromatic heterocycles. The lowest BCUT2D eigenvalue weighted by molar-refractivity contribution is 0.199. The normalized spacial score (nSPS) is 11.1. The molecule has 0 atom stereocenters. The summed E-state index contributed by atoms with van der Waals surface area (Å²) in [6, 6.07) is 0. The first-order chi connectivity index (χ1) is 9.86. The van der Waals surface area contributed by atoms with Crippen LogP contribution in [0.2, 0.25) is 0 Å². The van der Waals surface area contributed by atoms with Gasteiger partial charge in [0.15, 0.2) is 0 Å². The molecule has 20 heavy (non-hydrogen) atoms. The highest BCUT2D eigenvalue weighted by atomic mass is 32.1. The molecule has 0 aromatic carbocycles. The Bertz CT molecular complexity index is 331. The lowest BCUT2D eigenvalue weighted by atomic mass is 10.1. The van der Waals surface area contributed by atoms with Gasteiger partial charge in [0.2, 0.25) is 0 Å². The number of ether oxygens (including phenoxy) is 1. The van der Waals surface area contributed by atoms with Gasteiger partial charge in [-0.25, -0.2) is 0 Å². The standard InChI is InChI=1S/C15H29N3OS/c1-3-4-5-6-7-8-9-10-14-17-18-15(20-14)13-16-11-12-19-2/h16H,3-13H2,1-2H3. The summed E-state index contributed by atoms with van der Waals surface area (Å²) in [5.74, 6) is 0. The van der Waals surface area contributed by atoms with E-state index in [1.807, 2.05) is 0 Å². The first-order valence-corrected chi connectivity index (χ1v) is 8.69. The van der Waals surface area contributed by atoms with E-state index in [2.05, 4.69) is 22.4 Å². The fourth-order valence-electron chi connectivity index (χ4n) is 2.06. The summed E-state index contributed by atoms with van der Waals surface area (Å²) in [7, 11) is 1.72. The Morgan fingerprint density at radius 1 is 1.00 bits per heavy atom. The number of hydrogen-bond donors (Lipinski definition) is 1. The third-order valence-corrected chi connectivity index (χ3v) is 4.25.